The van der Waals surface area contributed by atoms with Gasteiger partial charge in [0, 0.05) is 11.1 Å². The number of amides is 1. The number of carbonyl (C=O) groups excluding carboxylic acids is 1. The summed E-state index contributed by atoms with van der Waals surface area (Å²) in [6, 6.07) is 0. The van der Waals surface area contributed by atoms with Crippen LogP contribution in [0.2, 0.25) is 0 Å². The molecule has 1 amide bonds. The molecule has 106 valence electrons. The van der Waals surface area contributed by atoms with Crippen LogP contribution in [0.15, 0.2) is 5.38 Å². The zero-order valence-electron chi connectivity index (χ0n) is 11.5. The first-order valence-corrected chi connectivity index (χ1v) is 8.43. The van der Waals surface area contributed by atoms with Crippen LogP contribution in [-0.4, -0.2) is 45.3 Å². The van der Waals surface area contributed by atoms with Crippen LogP contribution in [0.4, 0.5) is 0 Å². The highest BCUT2D eigenvalue weighted by atomic mass is 32.2. The Morgan fingerprint density at radius 3 is 2.84 bits per heavy atom. The third kappa shape index (κ3) is 3.49. The second kappa shape index (κ2) is 5.81. The average molecular weight is 300 g/mol. The van der Waals surface area contributed by atoms with Gasteiger partial charge in [-0.1, -0.05) is 13.8 Å². The first-order chi connectivity index (χ1) is 8.90. The number of β-amino-alcohol motifs (C(OH)–C–C–N with tert-alkyl or cyclic N) is 1. The molecule has 1 aromatic heterocycles. The van der Waals surface area contributed by atoms with Gasteiger partial charge in [0.15, 0.2) is 0 Å². The number of nitrogens with zero attached hydrogens (tertiary/aromatic N) is 2. The first-order valence-electron chi connectivity index (χ1n) is 6.39. The molecule has 0 bridgehead atoms. The van der Waals surface area contributed by atoms with Crippen molar-refractivity contribution in [2.45, 2.75) is 32.1 Å². The van der Waals surface area contributed by atoms with Crippen molar-refractivity contribution in [2.24, 2.45) is 5.92 Å². The first kappa shape index (κ1) is 14.8. The summed E-state index contributed by atoms with van der Waals surface area (Å²) >= 11 is 3.22. The molecule has 0 atom stereocenters. The summed E-state index contributed by atoms with van der Waals surface area (Å²) in [5, 5.41) is 13.2. The fourth-order valence-corrected chi connectivity index (χ4v) is 3.50. The molecular formula is C13H20N2O2S2. The highest BCUT2D eigenvalue weighted by Gasteiger charge is 2.45. The van der Waals surface area contributed by atoms with E-state index in [1.54, 1.807) is 28.0 Å². The molecule has 0 spiro atoms. The number of carbonyl (C=O) groups is 1. The lowest BCUT2D eigenvalue weighted by Gasteiger charge is -2.49. The quantitative estimate of drug-likeness (QED) is 0.902. The van der Waals surface area contributed by atoms with Gasteiger partial charge in [0.1, 0.15) is 5.60 Å². The number of aryl methyl sites for hydroxylation is 1. The van der Waals surface area contributed by atoms with Crippen LogP contribution >= 0.6 is 23.1 Å². The predicted octanol–water partition coefficient (Wildman–Crippen LogP) is 1.91. The van der Waals surface area contributed by atoms with E-state index >= 15 is 0 Å². The molecule has 0 saturated carbocycles. The van der Waals surface area contributed by atoms with Crippen molar-refractivity contribution in [3.05, 3.63) is 16.1 Å². The monoisotopic (exact) mass is 300 g/mol. The lowest BCUT2D eigenvalue weighted by Crippen LogP contribution is -2.66. The summed E-state index contributed by atoms with van der Waals surface area (Å²) < 4.78 is 0. The number of thioether (sulfide) groups is 1. The SMILES string of the molecule is Cc1nc(CSCC(=O)N2CC(O)(C(C)C)C2)cs1. The fraction of sp³-hybridized carbons (Fsp3) is 0.692. The Morgan fingerprint density at radius 1 is 1.63 bits per heavy atom. The maximum Gasteiger partial charge on any atom is 0.232 e. The molecule has 0 unspecified atom stereocenters. The molecule has 19 heavy (non-hydrogen) atoms. The number of aliphatic hydroxyl groups is 1. The highest BCUT2D eigenvalue weighted by molar-refractivity contribution is 7.99. The molecular weight excluding hydrogens is 280 g/mol. The van der Waals surface area contributed by atoms with E-state index in [-0.39, 0.29) is 11.8 Å². The van der Waals surface area contributed by atoms with Gasteiger partial charge in [-0.15, -0.1) is 23.1 Å². The zero-order valence-corrected chi connectivity index (χ0v) is 13.2. The van der Waals surface area contributed by atoms with Gasteiger partial charge in [-0.3, -0.25) is 4.79 Å². The van der Waals surface area contributed by atoms with Gasteiger partial charge in [-0.05, 0) is 12.8 Å². The maximum atomic E-state index is 11.9. The van der Waals surface area contributed by atoms with Gasteiger partial charge in [-0.2, -0.15) is 0 Å². The summed E-state index contributed by atoms with van der Waals surface area (Å²) in [4.78, 5) is 18.0. The van der Waals surface area contributed by atoms with Gasteiger partial charge >= 0.3 is 0 Å². The second-order valence-electron chi connectivity index (χ2n) is 5.36. The highest BCUT2D eigenvalue weighted by Crippen LogP contribution is 2.29. The van der Waals surface area contributed by atoms with Crippen molar-refractivity contribution >= 4 is 29.0 Å². The van der Waals surface area contributed by atoms with Crippen LogP contribution in [-0.2, 0) is 10.5 Å². The van der Waals surface area contributed by atoms with Crippen molar-refractivity contribution in [3.63, 3.8) is 0 Å². The van der Waals surface area contributed by atoms with Crippen LogP contribution < -0.4 is 0 Å². The Balaban J connectivity index is 1.69. The normalized spacial score (nSPS) is 17.6. The maximum absolute atomic E-state index is 11.9. The number of rotatable bonds is 5. The third-order valence-corrected chi connectivity index (χ3v) is 5.27. The van der Waals surface area contributed by atoms with Crippen molar-refractivity contribution in [2.75, 3.05) is 18.8 Å². The molecule has 1 fully saturated rings. The average Bonchev–Trinajstić information content (AvgIpc) is 2.70. The lowest BCUT2D eigenvalue weighted by molar-refractivity contribution is -0.161. The second-order valence-corrected chi connectivity index (χ2v) is 7.41. The van der Waals surface area contributed by atoms with E-state index < -0.39 is 5.60 Å². The van der Waals surface area contributed by atoms with E-state index in [2.05, 4.69) is 4.98 Å². The van der Waals surface area contributed by atoms with Crippen LogP contribution in [0.5, 0.6) is 0 Å². The molecule has 2 heterocycles. The molecule has 1 N–H and O–H groups in total. The number of thiazole rings is 1. The van der Waals surface area contributed by atoms with E-state index in [1.165, 1.54) is 0 Å². The summed E-state index contributed by atoms with van der Waals surface area (Å²) in [5.74, 6) is 1.55. The van der Waals surface area contributed by atoms with Crippen molar-refractivity contribution < 1.29 is 9.90 Å². The molecule has 0 aromatic carbocycles. The standard InChI is InChI=1S/C13H20N2O2S2/c1-9(2)13(17)7-15(8-13)12(16)6-18-4-11-5-19-10(3)14-11/h5,9,17H,4,6-8H2,1-3H3. The molecule has 0 radical (unpaired) electrons. The van der Waals surface area contributed by atoms with E-state index in [9.17, 15) is 9.90 Å². The number of hydrogen-bond donors (Lipinski definition) is 1. The van der Waals surface area contributed by atoms with Gasteiger partial charge in [-0.25, -0.2) is 4.98 Å². The van der Waals surface area contributed by atoms with Gasteiger partial charge in [0.2, 0.25) is 5.91 Å². The van der Waals surface area contributed by atoms with Gasteiger partial charge in [0.25, 0.3) is 0 Å². The molecule has 1 aliphatic heterocycles. The molecule has 2 rings (SSSR count). The third-order valence-electron chi connectivity index (χ3n) is 3.50. The van der Waals surface area contributed by atoms with Crippen LogP contribution in [0.1, 0.15) is 24.5 Å². The Labute approximate surface area is 122 Å². The molecule has 1 aliphatic rings. The minimum Gasteiger partial charge on any atom is -0.386 e. The molecule has 4 nitrogen and oxygen atoms in total. The van der Waals surface area contributed by atoms with Crippen LogP contribution in [0.3, 0.4) is 0 Å². The number of hydrogen-bond acceptors (Lipinski definition) is 5. The Kier molecular flexibility index (Phi) is 4.53. The predicted molar refractivity (Wildman–Crippen MR) is 79.4 cm³/mol. The summed E-state index contributed by atoms with van der Waals surface area (Å²) in [5.41, 5.74) is 0.370. The lowest BCUT2D eigenvalue weighted by atomic mass is 9.83. The topological polar surface area (TPSA) is 53.4 Å². The molecule has 6 heteroatoms. The van der Waals surface area contributed by atoms with Gasteiger partial charge < -0.3 is 10.0 Å². The van der Waals surface area contributed by atoms with Crippen molar-refractivity contribution in [1.29, 1.82) is 0 Å². The van der Waals surface area contributed by atoms with E-state index in [1.807, 2.05) is 26.2 Å². The number of aromatic nitrogens is 1. The smallest absolute Gasteiger partial charge is 0.232 e. The van der Waals surface area contributed by atoms with Crippen molar-refractivity contribution in [3.8, 4) is 0 Å². The minimum atomic E-state index is -0.674. The van der Waals surface area contributed by atoms with Gasteiger partial charge in [0.05, 0.1) is 29.5 Å². The molecule has 1 saturated heterocycles. The Hall–Kier alpha value is -0.590. The van der Waals surface area contributed by atoms with E-state index in [0.29, 0.717) is 18.8 Å². The fourth-order valence-electron chi connectivity index (χ4n) is 1.96. The largest absolute Gasteiger partial charge is 0.386 e. The summed E-state index contributed by atoms with van der Waals surface area (Å²) in [6.07, 6.45) is 0. The Morgan fingerprint density at radius 2 is 2.32 bits per heavy atom. The van der Waals surface area contributed by atoms with Crippen LogP contribution in [0, 0.1) is 12.8 Å². The minimum absolute atomic E-state index is 0.113. The molecule has 1 aromatic rings. The summed E-state index contributed by atoms with van der Waals surface area (Å²) in [6.45, 7) is 6.90. The van der Waals surface area contributed by atoms with E-state index in [0.717, 1.165) is 16.5 Å². The van der Waals surface area contributed by atoms with E-state index in [4.69, 9.17) is 0 Å². The zero-order chi connectivity index (χ0) is 14.0. The summed E-state index contributed by atoms with van der Waals surface area (Å²) in [7, 11) is 0. The Bertz CT molecular complexity index is 453. The van der Waals surface area contributed by atoms with Crippen LogP contribution in [0.25, 0.3) is 0 Å². The van der Waals surface area contributed by atoms with Crippen molar-refractivity contribution in [1.82, 2.24) is 9.88 Å². The number of likely N-dealkylation sites (tertiary alicyclic amines) is 1. The molecule has 0 aliphatic carbocycles.